The number of rotatable bonds is 6. The molecule has 184 valence electrons. The molecule has 1 aromatic carbocycles. The zero-order valence-electron chi connectivity index (χ0n) is 19.5. The molecule has 9 heteroatoms. The van der Waals surface area contributed by atoms with Crippen LogP contribution in [-0.2, 0) is 14.8 Å². The highest BCUT2D eigenvalue weighted by Gasteiger charge is 2.36. The molecule has 4 rings (SSSR count). The van der Waals surface area contributed by atoms with Gasteiger partial charge in [-0.25, -0.2) is 12.8 Å². The molecule has 0 atom stereocenters. The van der Waals surface area contributed by atoms with E-state index < -0.39 is 15.8 Å². The molecule has 2 aliphatic rings. The van der Waals surface area contributed by atoms with Gasteiger partial charge in [0.1, 0.15) is 11.5 Å². The highest BCUT2D eigenvalue weighted by molar-refractivity contribution is 7.89. The zero-order valence-corrected chi connectivity index (χ0v) is 20.3. The Morgan fingerprint density at radius 2 is 1.76 bits per heavy atom. The average molecular weight is 490 g/mol. The molecule has 1 aliphatic heterocycles. The summed E-state index contributed by atoms with van der Waals surface area (Å²) in [5.41, 5.74) is 0.571. The molecule has 1 amide bonds. The van der Waals surface area contributed by atoms with Gasteiger partial charge in [-0.1, -0.05) is 49.0 Å². The van der Waals surface area contributed by atoms with Gasteiger partial charge in [-0.3, -0.25) is 4.79 Å². The van der Waals surface area contributed by atoms with Crippen LogP contribution in [0.3, 0.4) is 0 Å². The van der Waals surface area contributed by atoms with Gasteiger partial charge in [0.25, 0.3) is 0 Å². The van der Waals surface area contributed by atoms with E-state index in [-0.39, 0.29) is 47.3 Å². The fraction of sp³-hybridized carbons (Fsp3) is 0.520. The van der Waals surface area contributed by atoms with E-state index >= 15 is 0 Å². The van der Waals surface area contributed by atoms with Crippen molar-refractivity contribution in [2.75, 3.05) is 13.1 Å². The third-order valence-corrected chi connectivity index (χ3v) is 8.83. The molecule has 2 heterocycles. The Balaban J connectivity index is 1.42. The Bertz CT molecular complexity index is 1130. The number of halogens is 1. The van der Waals surface area contributed by atoms with Crippen LogP contribution in [-0.4, -0.2) is 42.9 Å². The van der Waals surface area contributed by atoms with E-state index in [1.807, 2.05) is 0 Å². The normalized spacial score (nSPS) is 19.4. The van der Waals surface area contributed by atoms with Crippen LogP contribution in [0.25, 0.3) is 12.2 Å². The summed E-state index contributed by atoms with van der Waals surface area (Å²) in [5, 5.41) is 7.03. The second-order valence-electron chi connectivity index (χ2n) is 9.19. The zero-order chi connectivity index (χ0) is 24.1. The number of nitrogens with one attached hydrogen (secondary N) is 1. The molecule has 1 aliphatic carbocycles. The molecule has 0 bridgehead atoms. The Hall–Kier alpha value is -2.52. The number of piperidine rings is 1. The molecular formula is C25H32FN3O4S. The number of hydrogen-bond donors (Lipinski definition) is 1. The van der Waals surface area contributed by atoms with E-state index in [0.717, 1.165) is 25.7 Å². The molecule has 1 N–H and O–H groups in total. The van der Waals surface area contributed by atoms with Crippen LogP contribution in [0.1, 0.15) is 68.4 Å². The predicted octanol–water partition coefficient (Wildman–Crippen LogP) is 4.53. The number of nitrogens with zero attached hydrogens (tertiary/aromatic N) is 2. The van der Waals surface area contributed by atoms with Gasteiger partial charge in [0, 0.05) is 30.6 Å². The second-order valence-corrected chi connectivity index (χ2v) is 11.1. The first-order chi connectivity index (χ1) is 16.4. The minimum absolute atomic E-state index is 0.0125. The number of sulfonamides is 1. The van der Waals surface area contributed by atoms with Crippen molar-refractivity contribution in [3.05, 3.63) is 47.1 Å². The van der Waals surface area contributed by atoms with Crippen LogP contribution in [0.2, 0.25) is 0 Å². The minimum atomic E-state index is -3.88. The average Bonchev–Trinajstić information content (AvgIpc) is 3.02. The predicted molar refractivity (Wildman–Crippen MR) is 128 cm³/mol. The third kappa shape index (κ3) is 5.58. The summed E-state index contributed by atoms with van der Waals surface area (Å²) in [6.45, 7) is 2.09. The second kappa shape index (κ2) is 10.8. The minimum Gasteiger partial charge on any atom is -0.355 e. The van der Waals surface area contributed by atoms with Gasteiger partial charge in [-0.2, -0.15) is 4.31 Å². The van der Waals surface area contributed by atoms with Crippen LogP contribution in [0.15, 0.2) is 33.7 Å². The fourth-order valence-corrected chi connectivity index (χ4v) is 6.52. The summed E-state index contributed by atoms with van der Waals surface area (Å²) < 4.78 is 47.4. The topological polar surface area (TPSA) is 92.5 Å². The van der Waals surface area contributed by atoms with Gasteiger partial charge < -0.3 is 9.84 Å². The van der Waals surface area contributed by atoms with E-state index in [2.05, 4.69) is 10.5 Å². The van der Waals surface area contributed by atoms with Crippen molar-refractivity contribution in [3.8, 4) is 0 Å². The van der Waals surface area contributed by atoms with Crippen LogP contribution in [0.5, 0.6) is 0 Å². The van der Waals surface area contributed by atoms with Crippen molar-refractivity contribution in [2.24, 2.45) is 5.92 Å². The number of aryl methyl sites for hydroxylation is 1. The molecule has 1 saturated carbocycles. The lowest BCUT2D eigenvalue weighted by Crippen LogP contribution is -2.45. The number of hydrogen-bond acceptors (Lipinski definition) is 5. The molecule has 1 aromatic heterocycles. The number of carbonyl (C=O) groups excluding carboxylic acids is 1. The summed E-state index contributed by atoms with van der Waals surface area (Å²) in [6.07, 6.45) is 10.6. The first-order valence-corrected chi connectivity index (χ1v) is 13.5. The van der Waals surface area contributed by atoms with Crippen molar-refractivity contribution >= 4 is 28.1 Å². The molecule has 0 spiro atoms. The smallest absolute Gasteiger partial charge is 0.248 e. The maximum absolute atomic E-state index is 13.9. The van der Waals surface area contributed by atoms with E-state index in [0.29, 0.717) is 18.4 Å². The van der Waals surface area contributed by atoms with Gasteiger partial charge in [0.15, 0.2) is 10.7 Å². The van der Waals surface area contributed by atoms with Crippen LogP contribution >= 0.6 is 0 Å². The summed E-state index contributed by atoms with van der Waals surface area (Å²) in [6, 6.07) is 6.44. The molecule has 7 nitrogen and oxygen atoms in total. The van der Waals surface area contributed by atoms with Crippen molar-refractivity contribution in [3.63, 3.8) is 0 Å². The summed E-state index contributed by atoms with van der Waals surface area (Å²) in [7, 11) is -3.88. The molecular weight excluding hydrogens is 457 g/mol. The first kappa shape index (κ1) is 24.6. The van der Waals surface area contributed by atoms with Crippen LogP contribution in [0, 0.1) is 18.7 Å². The maximum Gasteiger partial charge on any atom is 0.248 e. The highest BCUT2D eigenvalue weighted by atomic mass is 32.2. The summed E-state index contributed by atoms with van der Waals surface area (Å²) in [4.78, 5) is 12.8. The number of amides is 1. The van der Waals surface area contributed by atoms with Gasteiger partial charge >= 0.3 is 0 Å². The lowest BCUT2D eigenvalue weighted by molar-refractivity contribution is -0.126. The molecule has 2 aromatic rings. The monoisotopic (exact) mass is 489 g/mol. The van der Waals surface area contributed by atoms with E-state index in [9.17, 15) is 17.6 Å². The standard InChI is InChI=1S/C25H32FN3O4S/c1-18-24(23(33-28-18)13-12-19-8-6-7-11-22(19)26)34(31,32)29-16-14-20(15-17-29)25(30)27-21-9-4-2-3-5-10-21/h6-8,11-13,20-21H,2-5,9-10,14-17H2,1H3,(H,27,30). The maximum atomic E-state index is 13.9. The highest BCUT2D eigenvalue weighted by Crippen LogP contribution is 2.29. The first-order valence-electron chi connectivity index (χ1n) is 12.1. The Morgan fingerprint density at radius 1 is 1.09 bits per heavy atom. The van der Waals surface area contributed by atoms with Crippen molar-refractivity contribution in [1.82, 2.24) is 14.8 Å². The molecule has 34 heavy (non-hydrogen) atoms. The number of carbonyl (C=O) groups is 1. The Labute approximate surface area is 200 Å². The van der Waals surface area contributed by atoms with Gasteiger partial charge in [-0.05, 0) is 50.8 Å². The lowest BCUT2D eigenvalue weighted by atomic mass is 9.96. The third-order valence-electron chi connectivity index (χ3n) is 6.78. The summed E-state index contributed by atoms with van der Waals surface area (Å²) in [5.74, 6) is -0.491. The Kier molecular flexibility index (Phi) is 7.83. The van der Waals surface area contributed by atoms with Gasteiger partial charge in [-0.15, -0.1) is 0 Å². The fourth-order valence-electron chi connectivity index (χ4n) is 4.80. The van der Waals surface area contributed by atoms with Crippen molar-refractivity contribution < 1.29 is 22.1 Å². The van der Waals surface area contributed by atoms with E-state index in [4.69, 9.17) is 4.52 Å². The SMILES string of the molecule is Cc1noc(C=Cc2ccccc2F)c1S(=O)(=O)N1CCC(C(=O)NC2CCCCCC2)CC1. The summed E-state index contributed by atoms with van der Waals surface area (Å²) >= 11 is 0. The Morgan fingerprint density at radius 3 is 2.44 bits per heavy atom. The molecule has 2 fully saturated rings. The lowest BCUT2D eigenvalue weighted by Gasteiger charge is -2.31. The molecule has 1 saturated heterocycles. The van der Waals surface area contributed by atoms with Crippen molar-refractivity contribution in [1.29, 1.82) is 0 Å². The molecule has 0 unspecified atom stereocenters. The van der Waals surface area contributed by atoms with Crippen LogP contribution < -0.4 is 5.32 Å². The van der Waals surface area contributed by atoms with Gasteiger partial charge in [0.2, 0.25) is 15.9 Å². The number of aromatic nitrogens is 1. The van der Waals surface area contributed by atoms with E-state index in [1.165, 1.54) is 35.4 Å². The van der Waals surface area contributed by atoms with Gasteiger partial charge in [0.05, 0.1) is 0 Å². The largest absolute Gasteiger partial charge is 0.355 e. The van der Waals surface area contributed by atoms with E-state index in [1.54, 1.807) is 25.1 Å². The molecule has 0 radical (unpaired) electrons. The number of benzene rings is 1. The van der Waals surface area contributed by atoms with Crippen LogP contribution in [0.4, 0.5) is 4.39 Å². The van der Waals surface area contributed by atoms with Crippen molar-refractivity contribution in [2.45, 2.75) is 69.2 Å². The quantitative estimate of drug-likeness (QED) is 0.602.